The van der Waals surface area contributed by atoms with Gasteiger partial charge in [0.2, 0.25) is 0 Å². The monoisotopic (exact) mass is 524 g/mol. The highest BCUT2D eigenvalue weighted by atomic mass is 79.9. The Bertz CT molecular complexity index is 871. The van der Waals surface area contributed by atoms with Gasteiger partial charge in [0, 0.05) is 4.47 Å². The molecule has 6 heteroatoms. The summed E-state index contributed by atoms with van der Waals surface area (Å²) in [7, 11) is 0. The average molecular weight is 527 g/mol. The summed E-state index contributed by atoms with van der Waals surface area (Å²) in [5.41, 5.74) is 2.03. The molecule has 3 rings (SSSR count). The van der Waals surface area contributed by atoms with E-state index in [1.54, 1.807) is 24.3 Å². The fourth-order valence-electron chi connectivity index (χ4n) is 2.16. The van der Waals surface area contributed by atoms with Crippen molar-refractivity contribution in [2.75, 3.05) is 0 Å². The van der Waals surface area contributed by atoms with Crippen molar-refractivity contribution in [2.24, 2.45) is 0 Å². The van der Waals surface area contributed by atoms with Crippen molar-refractivity contribution >= 4 is 53.9 Å². The van der Waals surface area contributed by atoms with E-state index < -0.39 is 6.16 Å². The lowest BCUT2D eigenvalue weighted by molar-refractivity contribution is 0.151. The maximum absolute atomic E-state index is 12.0. The van der Waals surface area contributed by atoms with E-state index >= 15 is 0 Å². The summed E-state index contributed by atoms with van der Waals surface area (Å²) in [4.78, 5) is 12.0. The highest BCUT2D eigenvalue weighted by Crippen LogP contribution is 2.38. The van der Waals surface area contributed by atoms with Crippen molar-refractivity contribution in [3.05, 3.63) is 80.1 Å². The predicted octanol–water partition coefficient (Wildman–Crippen LogP) is 7.22. The zero-order valence-corrected chi connectivity index (χ0v) is 17.5. The molecule has 0 spiro atoms. The minimum Gasteiger partial charge on any atom is -0.395 e. The van der Waals surface area contributed by atoms with Crippen LogP contribution in [0.5, 0.6) is 11.5 Å². The Morgan fingerprint density at radius 2 is 1.32 bits per heavy atom. The van der Waals surface area contributed by atoms with Gasteiger partial charge in [-0.25, -0.2) is 4.79 Å². The number of halogens is 3. The quantitative estimate of drug-likeness (QED) is 0.267. The number of para-hydroxylation sites is 1. The van der Waals surface area contributed by atoms with Crippen LogP contribution >= 0.6 is 47.8 Å². The molecule has 3 aromatic carbocycles. The number of carbonyl (C=O) groups is 1. The third kappa shape index (κ3) is 4.71. The summed E-state index contributed by atoms with van der Waals surface area (Å²) in [5.74, 6) is 0.785. The molecule has 0 unspecified atom stereocenters. The van der Waals surface area contributed by atoms with Crippen LogP contribution in [-0.4, -0.2) is 6.16 Å². The van der Waals surface area contributed by atoms with Gasteiger partial charge < -0.3 is 9.47 Å². The van der Waals surface area contributed by atoms with Gasteiger partial charge in [-0.3, -0.25) is 0 Å². The fraction of sp³-hybridized carbons (Fsp3) is 0. The van der Waals surface area contributed by atoms with Gasteiger partial charge >= 0.3 is 6.16 Å². The summed E-state index contributed by atoms with van der Waals surface area (Å²) in [6, 6.07) is 20.5. The van der Waals surface area contributed by atoms with E-state index in [4.69, 9.17) is 9.47 Å². The summed E-state index contributed by atoms with van der Waals surface area (Å²) in [5, 5.41) is 0. The lowest BCUT2D eigenvalue weighted by Gasteiger charge is -2.11. The van der Waals surface area contributed by atoms with Gasteiger partial charge in [-0.2, -0.15) is 0 Å². The first-order chi connectivity index (χ1) is 12.0. The molecule has 0 aliphatic heterocycles. The summed E-state index contributed by atoms with van der Waals surface area (Å²) in [6.07, 6.45) is -0.802. The topological polar surface area (TPSA) is 35.5 Å². The first kappa shape index (κ1) is 18.2. The third-order valence-corrected chi connectivity index (χ3v) is 5.01. The molecule has 0 fully saturated rings. The summed E-state index contributed by atoms with van der Waals surface area (Å²) in [6.45, 7) is 0. The number of hydrogen-bond donors (Lipinski definition) is 0. The summed E-state index contributed by atoms with van der Waals surface area (Å²) < 4.78 is 12.8. The van der Waals surface area contributed by atoms with Crippen LogP contribution < -0.4 is 9.47 Å². The van der Waals surface area contributed by atoms with Crippen molar-refractivity contribution in [3.63, 3.8) is 0 Å². The molecule has 3 aromatic rings. The zero-order chi connectivity index (χ0) is 17.8. The molecular formula is C19H11Br3O3. The molecule has 126 valence electrons. The van der Waals surface area contributed by atoms with E-state index in [0.717, 1.165) is 15.6 Å². The van der Waals surface area contributed by atoms with Crippen LogP contribution in [0, 0.1) is 0 Å². The Balaban J connectivity index is 1.80. The molecule has 0 amide bonds. The fourth-order valence-corrected chi connectivity index (χ4v) is 3.77. The van der Waals surface area contributed by atoms with Crippen LogP contribution in [0.4, 0.5) is 4.79 Å². The van der Waals surface area contributed by atoms with Crippen LogP contribution in [0.25, 0.3) is 11.1 Å². The van der Waals surface area contributed by atoms with E-state index in [9.17, 15) is 4.79 Å². The minimum atomic E-state index is -0.802. The molecule has 3 nitrogen and oxygen atoms in total. The van der Waals surface area contributed by atoms with Gasteiger partial charge in [-0.05, 0) is 79.4 Å². The minimum absolute atomic E-state index is 0.363. The van der Waals surface area contributed by atoms with Gasteiger partial charge in [-0.1, -0.05) is 46.3 Å². The normalized spacial score (nSPS) is 10.4. The first-order valence-corrected chi connectivity index (χ1v) is 9.60. The van der Waals surface area contributed by atoms with Crippen LogP contribution in [0.15, 0.2) is 80.1 Å². The molecule has 0 saturated heterocycles. The molecule has 0 atom stereocenters. The van der Waals surface area contributed by atoms with Crippen LogP contribution in [0.1, 0.15) is 0 Å². The van der Waals surface area contributed by atoms with Gasteiger partial charge in [0.1, 0.15) is 5.75 Å². The SMILES string of the molecule is O=C(Oc1ccccc1)Oc1c(Br)cc(-c2ccc(Br)cc2)cc1Br. The third-order valence-electron chi connectivity index (χ3n) is 3.31. The molecule has 0 radical (unpaired) electrons. The highest BCUT2D eigenvalue weighted by molar-refractivity contribution is 9.11. The van der Waals surface area contributed by atoms with E-state index in [0.29, 0.717) is 20.4 Å². The molecule has 0 aliphatic carbocycles. The molecule has 0 saturated carbocycles. The van der Waals surface area contributed by atoms with E-state index in [2.05, 4.69) is 47.8 Å². The Labute approximate surface area is 170 Å². The smallest absolute Gasteiger partial charge is 0.395 e. The lowest BCUT2D eigenvalue weighted by Crippen LogP contribution is -2.14. The lowest BCUT2D eigenvalue weighted by atomic mass is 10.1. The number of ether oxygens (including phenoxy) is 2. The van der Waals surface area contributed by atoms with Crippen molar-refractivity contribution in [2.45, 2.75) is 0 Å². The number of rotatable bonds is 3. The first-order valence-electron chi connectivity index (χ1n) is 7.22. The predicted molar refractivity (Wildman–Crippen MR) is 108 cm³/mol. The van der Waals surface area contributed by atoms with Crippen LogP contribution in [-0.2, 0) is 0 Å². The second kappa shape index (κ2) is 8.17. The molecular weight excluding hydrogens is 516 g/mol. The van der Waals surface area contributed by atoms with E-state index in [1.165, 1.54) is 0 Å². The molecule has 0 heterocycles. The maximum atomic E-state index is 12.0. The Morgan fingerprint density at radius 3 is 1.92 bits per heavy atom. The second-order valence-electron chi connectivity index (χ2n) is 5.04. The molecule has 0 N–H and O–H groups in total. The second-order valence-corrected chi connectivity index (χ2v) is 7.67. The number of hydrogen-bond acceptors (Lipinski definition) is 3. The molecule has 0 aromatic heterocycles. The largest absolute Gasteiger partial charge is 0.519 e. The Kier molecular flexibility index (Phi) is 5.93. The molecule has 25 heavy (non-hydrogen) atoms. The van der Waals surface area contributed by atoms with Gasteiger partial charge in [-0.15, -0.1) is 0 Å². The van der Waals surface area contributed by atoms with Crippen molar-refractivity contribution < 1.29 is 14.3 Å². The van der Waals surface area contributed by atoms with E-state index in [1.807, 2.05) is 42.5 Å². The van der Waals surface area contributed by atoms with Crippen LogP contribution in [0.2, 0.25) is 0 Å². The Morgan fingerprint density at radius 1 is 0.720 bits per heavy atom. The number of carbonyl (C=O) groups excluding carboxylic acids is 1. The molecule has 0 aliphatic rings. The Hall–Kier alpha value is -1.63. The van der Waals surface area contributed by atoms with Crippen LogP contribution in [0.3, 0.4) is 0 Å². The highest BCUT2D eigenvalue weighted by Gasteiger charge is 2.15. The van der Waals surface area contributed by atoms with Crippen molar-refractivity contribution in [3.8, 4) is 22.6 Å². The van der Waals surface area contributed by atoms with Crippen molar-refractivity contribution in [1.82, 2.24) is 0 Å². The zero-order valence-electron chi connectivity index (χ0n) is 12.7. The standard InChI is InChI=1S/C19H11Br3O3/c20-14-8-6-12(7-9-14)13-10-16(21)18(17(22)11-13)25-19(23)24-15-4-2-1-3-5-15/h1-11H. The van der Waals surface area contributed by atoms with Gasteiger partial charge in [0.15, 0.2) is 5.75 Å². The van der Waals surface area contributed by atoms with Crippen molar-refractivity contribution in [1.29, 1.82) is 0 Å². The average Bonchev–Trinajstić information content (AvgIpc) is 2.59. The van der Waals surface area contributed by atoms with E-state index in [-0.39, 0.29) is 0 Å². The van der Waals surface area contributed by atoms with Gasteiger partial charge in [0.25, 0.3) is 0 Å². The molecule has 0 bridgehead atoms. The van der Waals surface area contributed by atoms with Gasteiger partial charge in [0.05, 0.1) is 8.95 Å². The number of benzene rings is 3. The maximum Gasteiger partial charge on any atom is 0.519 e. The summed E-state index contributed by atoms with van der Waals surface area (Å²) >= 11 is 10.3.